The summed E-state index contributed by atoms with van der Waals surface area (Å²) in [6.07, 6.45) is 0. The normalized spacial score (nSPS) is 10.0. The summed E-state index contributed by atoms with van der Waals surface area (Å²) in [6, 6.07) is 2.07. The number of halogens is 2. The summed E-state index contributed by atoms with van der Waals surface area (Å²) >= 11 is 5.64. The molecule has 1 aromatic rings. The molecule has 1 rings (SSSR count). The molecule has 0 unspecified atom stereocenters. The first-order chi connectivity index (χ1) is 6.97. The van der Waals surface area contributed by atoms with Gasteiger partial charge in [0.25, 0.3) is 5.69 Å². The predicted molar refractivity (Wildman–Crippen MR) is 56.8 cm³/mol. The second-order valence-electron chi connectivity index (χ2n) is 2.45. The van der Waals surface area contributed by atoms with Crippen molar-refractivity contribution in [2.75, 3.05) is 0 Å². The summed E-state index contributed by atoms with van der Waals surface area (Å²) in [7, 11) is 6.03. The van der Waals surface area contributed by atoms with Crippen LogP contribution in [-0.4, -0.2) is 16.0 Å². The van der Waals surface area contributed by atoms with Gasteiger partial charge in [-0.3, -0.25) is 10.1 Å². The molecule has 0 amide bonds. The van der Waals surface area contributed by atoms with Crippen molar-refractivity contribution in [3.05, 3.63) is 32.8 Å². The van der Waals surface area contributed by atoms with Gasteiger partial charge in [0.05, 0.1) is 10.5 Å². The summed E-state index contributed by atoms with van der Waals surface area (Å²) in [4.78, 5) is 20.6. The fourth-order valence-electron chi connectivity index (χ4n) is 0.896. The minimum absolute atomic E-state index is 0.143. The quantitative estimate of drug-likeness (QED) is 0.672. The van der Waals surface area contributed by atoms with Crippen LogP contribution in [0.15, 0.2) is 17.0 Å². The van der Waals surface area contributed by atoms with Crippen LogP contribution in [0.4, 0.5) is 5.69 Å². The lowest BCUT2D eigenvalue weighted by molar-refractivity contribution is -0.384. The number of hydrogen-bond donors (Lipinski definition) is 1. The zero-order chi connectivity index (χ0) is 11.6. The fourth-order valence-corrected chi connectivity index (χ4v) is 2.02. The molecule has 0 fully saturated rings. The van der Waals surface area contributed by atoms with Gasteiger partial charge in [-0.1, -0.05) is 11.6 Å². The molecule has 80 valence electrons. The third kappa shape index (κ3) is 2.53. The number of carbonyl (C=O) groups is 1. The third-order valence-corrected chi connectivity index (χ3v) is 3.04. The van der Waals surface area contributed by atoms with E-state index in [1.54, 1.807) is 0 Å². The van der Waals surface area contributed by atoms with Gasteiger partial charge in [-0.05, 0) is 27.7 Å². The SMILES string of the molecule is O=C(O)c1cc(SCl)c(Cl)c([N+](=O)[O-])c1. The van der Waals surface area contributed by atoms with Crippen molar-refractivity contribution in [2.45, 2.75) is 4.90 Å². The van der Waals surface area contributed by atoms with E-state index in [-0.39, 0.29) is 15.5 Å². The summed E-state index contributed by atoms with van der Waals surface area (Å²) in [5.74, 6) is -1.28. The summed E-state index contributed by atoms with van der Waals surface area (Å²) < 4.78 is 0. The molecule has 0 bridgehead atoms. The summed E-state index contributed by atoms with van der Waals surface area (Å²) in [6.45, 7) is 0. The molecule has 0 aliphatic heterocycles. The van der Waals surface area contributed by atoms with Crippen LogP contribution in [0, 0.1) is 10.1 Å². The first kappa shape index (κ1) is 12.1. The number of carboxylic acids is 1. The van der Waals surface area contributed by atoms with E-state index in [0.29, 0.717) is 11.0 Å². The van der Waals surface area contributed by atoms with Gasteiger partial charge in [0.2, 0.25) is 0 Å². The van der Waals surface area contributed by atoms with E-state index < -0.39 is 16.6 Å². The molecule has 0 atom stereocenters. The van der Waals surface area contributed by atoms with Crippen molar-refractivity contribution >= 4 is 44.9 Å². The standard InChI is InChI=1S/C7H3Cl2NO4S/c8-6-4(10(13)14)1-3(7(11)12)2-5(6)15-9/h1-2H,(H,11,12). The highest BCUT2D eigenvalue weighted by molar-refractivity contribution is 8.21. The lowest BCUT2D eigenvalue weighted by Crippen LogP contribution is -1.99. The molecule has 1 aromatic carbocycles. The maximum atomic E-state index is 10.6. The van der Waals surface area contributed by atoms with Gasteiger partial charge in [0.15, 0.2) is 0 Å². The molecule has 0 aliphatic rings. The van der Waals surface area contributed by atoms with Gasteiger partial charge < -0.3 is 5.11 Å². The van der Waals surface area contributed by atoms with E-state index in [2.05, 4.69) is 0 Å². The number of nitrogens with zero attached hydrogens (tertiary/aromatic N) is 1. The van der Waals surface area contributed by atoms with Gasteiger partial charge in [-0.25, -0.2) is 4.79 Å². The molecule has 1 N–H and O–H groups in total. The van der Waals surface area contributed by atoms with Crippen LogP contribution < -0.4 is 0 Å². The van der Waals surface area contributed by atoms with Crippen molar-refractivity contribution in [1.29, 1.82) is 0 Å². The highest BCUT2D eigenvalue weighted by Crippen LogP contribution is 2.37. The van der Waals surface area contributed by atoms with Crippen LogP contribution in [-0.2, 0) is 0 Å². The number of nitro benzene ring substituents is 1. The van der Waals surface area contributed by atoms with Gasteiger partial charge in [-0.15, -0.1) is 0 Å². The minimum Gasteiger partial charge on any atom is -0.478 e. The van der Waals surface area contributed by atoms with E-state index in [4.69, 9.17) is 27.4 Å². The Morgan fingerprint density at radius 2 is 2.13 bits per heavy atom. The van der Waals surface area contributed by atoms with Crippen LogP contribution in [0.3, 0.4) is 0 Å². The molecule has 5 nitrogen and oxygen atoms in total. The molecule has 15 heavy (non-hydrogen) atoms. The largest absolute Gasteiger partial charge is 0.478 e. The van der Waals surface area contributed by atoms with E-state index in [9.17, 15) is 14.9 Å². The van der Waals surface area contributed by atoms with E-state index in [0.717, 1.165) is 6.07 Å². The average molecular weight is 268 g/mol. The highest BCUT2D eigenvalue weighted by atomic mass is 35.7. The Labute approximate surface area is 97.6 Å². The maximum absolute atomic E-state index is 10.6. The molecule has 0 radical (unpaired) electrons. The van der Waals surface area contributed by atoms with Crippen LogP contribution in [0.1, 0.15) is 10.4 Å². The average Bonchev–Trinajstić information content (AvgIpc) is 2.17. The van der Waals surface area contributed by atoms with Crippen LogP contribution >= 0.6 is 33.3 Å². The Kier molecular flexibility index (Phi) is 3.78. The number of hydrogen-bond acceptors (Lipinski definition) is 4. The predicted octanol–water partition coefficient (Wildman–Crippen LogP) is 3.19. The molecule has 8 heteroatoms. The van der Waals surface area contributed by atoms with Crippen molar-refractivity contribution in [3.8, 4) is 0 Å². The Hall–Kier alpha value is -0.980. The summed E-state index contributed by atoms with van der Waals surface area (Å²) in [5, 5.41) is 19.1. The molecule has 0 saturated carbocycles. The molecule has 0 heterocycles. The van der Waals surface area contributed by atoms with Gasteiger partial charge in [0.1, 0.15) is 5.02 Å². The topological polar surface area (TPSA) is 80.4 Å². The first-order valence-electron chi connectivity index (χ1n) is 3.47. The number of rotatable bonds is 3. The van der Waals surface area contributed by atoms with E-state index in [1.807, 2.05) is 0 Å². The Balaban J connectivity index is 3.45. The van der Waals surface area contributed by atoms with Crippen molar-refractivity contribution in [2.24, 2.45) is 0 Å². The molecular formula is C7H3Cl2NO4S. The molecule has 0 spiro atoms. The van der Waals surface area contributed by atoms with Crippen molar-refractivity contribution in [1.82, 2.24) is 0 Å². The highest BCUT2D eigenvalue weighted by Gasteiger charge is 2.20. The number of benzene rings is 1. The van der Waals surface area contributed by atoms with Crippen LogP contribution in [0.5, 0.6) is 0 Å². The third-order valence-electron chi connectivity index (χ3n) is 1.55. The van der Waals surface area contributed by atoms with Crippen molar-refractivity contribution in [3.63, 3.8) is 0 Å². The minimum atomic E-state index is -1.28. The van der Waals surface area contributed by atoms with Crippen LogP contribution in [0.2, 0.25) is 5.02 Å². The second kappa shape index (κ2) is 4.69. The van der Waals surface area contributed by atoms with E-state index >= 15 is 0 Å². The monoisotopic (exact) mass is 267 g/mol. The number of nitro groups is 1. The maximum Gasteiger partial charge on any atom is 0.335 e. The van der Waals surface area contributed by atoms with Gasteiger partial charge in [-0.2, -0.15) is 0 Å². The van der Waals surface area contributed by atoms with Crippen molar-refractivity contribution < 1.29 is 14.8 Å². The van der Waals surface area contributed by atoms with E-state index in [1.165, 1.54) is 6.07 Å². The Morgan fingerprint density at radius 3 is 2.53 bits per heavy atom. The zero-order valence-corrected chi connectivity index (χ0v) is 9.27. The smallest absolute Gasteiger partial charge is 0.335 e. The van der Waals surface area contributed by atoms with Gasteiger partial charge in [0, 0.05) is 11.0 Å². The zero-order valence-electron chi connectivity index (χ0n) is 6.94. The lowest BCUT2D eigenvalue weighted by Gasteiger charge is -2.02. The number of carboxylic acid groups (broad SMARTS) is 1. The molecule has 0 saturated heterocycles. The fraction of sp³-hybridized carbons (Fsp3) is 0. The summed E-state index contributed by atoms with van der Waals surface area (Å²) in [5.41, 5.74) is -0.700. The molecular weight excluding hydrogens is 265 g/mol. The Morgan fingerprint density at radius 1 is 1.53 bits per heavy atom. The Bertz CT molecular complexity index is 437. The second-order valence-corrected chi connectivity index (χ2v) is 3.88. The number of aromatic carboxylic acids is 1. The molecule has 0 aromatic heterocycles. The first-order valence-corrected chi connectivity index (χ1v) is 5.49. The lowest BCUT2D eigenvalue weighted by atomic mass is 10.2. The van der Waals surface area contributed by atoms with Crippen LogP contribution in [0.25, 0.3) is 0 Å². The molecule has 0 aliphatic carbocycles. The van der Waals surface area contributed by atoms with Gasteiger partial charge >= 0.3 is 5.97 Å².